The van der Waals surface area contributed by atoms with Gasteiger partial charge in [0, 0.05) is 19.3 Å². The Bertz CT molecular complexity index is 1070. The lowest BCUT2D eigenvalue weighted by atomic mass is 10.1. The van der Waals surface area contributed by atoms with E-state index >= 15 is 0 Å². The van der Waals surface area contributed by atoms with Gasteiger partial charge in [-0.05, 0) is 77.0 Å². The molecule has 0 amide bonds. The molecule has 0 radical (unpaired) electrons. The van der Waals surface area contributed by atoms with Crippen LogP contribution >= 0.6 is 0 Å². The summed E-state index contributed by atoms with van der Waals surface area (Å²) in [4.78, 5) is 37.9. The van der Waals surface area contributed by atoms with Crippen LogP contribution in [0.15, 0.2) is 48.6 Å². The topological polar surface area (TPSA) is 78.9 Å². The Labute approximate surface area is 378 Å². The molecule has 0 aromatic heterocycles. The van der Waals surface area contributed by atoms with Gasteiger partial charge < -0.3 is 14.2 Å². The Hall–Kier alpha value is -2.63. The van der Waals surface area contributed by atoms with Crippen LogP contribution in [0.4, 0.5) is 0 Å². The second-order valence-electron chi connectivity index (χ2n) is 17.4. The fourth-order valence-electron chi connectivity index (χ4n) is 7.34. The molecule has 0 aliphatic rings. The van der Waals surface area contributed by atoms with Crippen molar-refractivity contribution >= 4 is 17.9 Å². The van der Waals surface area contributed by atoms with E-state index in [1.807, 2.05) is 0 Å². The lowest BCUT2D eigenvalue weighted by Crippen LogP contribution is -2.30. The van der Waals surface area contributed by atoms with Crippen LogP contribution in [-0.2, 0) is 28.6 Å². The highest BCUT2D eigenvalue weighted by molar-refractivity contribution is 5.71. The van der Waals surface area contributed by atoms with Gasteiger partial charge in [0.15, 0.2) is 6.10 Å². The Morgan fingerprint density at radius 1 is 0.328 bits per heavy atom. The van der Waals surface area contributed by atoms with Gasteiger partial charge in [-0.1, -0.05) is 217 Å². The molecule has 1 atom stereocenters. The predicted molar refractivity (Wildman–Crippen MR) is 261 cm³/mol. The number of allylic oxidation sites excluding steroid dienone is 8. The second-order valence-corrected chi connectivity index (χ2v) is 17.4. The van der Waals surface area contributed by atoms with E-state index in [9.17, 15) is 14.4 Å². The number of carbonyl (C=O) groups is 3. The summed E-state index contributed by atoms with van der Waals surface area (Å²) < 4.78 is 16.7. The van der Waals surface area contributed by atoms with Gasteiger partial charge in [0.2, 0.25) is 0 Å². The lowest BCUT2D eigenvalue weighted by molar-refractivity contribution is -0.167. The summed E-state index contributed by atoms with van der Waals surface area (Å²) in [6, 6.07) is 0. The van der Waals surface area contributed by atoms with Gasteiger partial charge in [0.05, 0.1) is 0 Å². The highest BCUT2D eigenvalue weighted by Gasteiger charge is 2.19. The van der Waals surface area contributed by atoms with Crippen molar-refractivity contribution in [1.29, 1.82) is 0 Å². The maximum Gasteiger partial charge on any atom is 0.306 e. The first-order valence-electron chi connectivity index (χ1n) is 26.1. The molecule has 0 bridgehead atoms. The Morgan fingerprint density at radius 3 is 1.02 bits per heavy atom. The summed E-state index contributed by atoms with van der Waals surface area (Å²) in [5.74, 6) is -0.941. The number of unbranched alkanes of at least 4 members (excludes halogenated alkanes) is 28. The number of rotatable bonds is 47. The smallest absolute Gasteiger partial charge is 0.306 e. The molecule has 6 heteroatoms. The zero-order valence-corrected chi connectivity index (χ0v) is 40.4. The molecule has 0 spiro atoms. The minimum Gasteiger partial charge on any atom is -0.462 e. The minimum absolute atomic E-state index is 0.0888. The van der Waals surface area contributed by atoms with E-state index in [4.69, 9.17) is 14.2 Å². The Morgan fingerprint density at radius 2 is 0.607 bits per heavy atom. The SMILES string of the molecule is CCCCCC/C=C\CCCCCCCCCC(=O)OC[C@@H](COC(=O)CCC/C=C\C/C=C\C/C=C\CCCCCCCC)OC(=O)CCCCCCCCCCCCC. The Balaban J connectivity index is 4.41. The van der Waals surface area contributed by atoms with E-state index in [0.29, 0.717) is 25.7 Å². The largest absolute Gasteiger partial charge is 0.462 e. The first-order chi connectivity index (χ1) is 30.0. The van der Waals surface area contributed by atoms with E-state index in [1.54, 1.807) is 0 Å². The van der Waals surface area contributed by atoms with Gasteiger partial charge in [-0.25, -0.2) is 0 Å². The summed E-state index contributed by atoms with van der Waals surface area (Å²) in [5.41, 5.74) is 0. The normalized spacial score (nSPS) is 12.4. The molecule has 0 rings (SSSR count). The monoisotopic (exact) mass is 855 g/mol. The zero-order valence-electron chi connectivity index (χ0n) is 40.4. The van der Waals surface area contributed by atoms with Crippen molar-refractivity contribution < 1.29 is 28.6 Å². The fourth-order valence-corrected chi connectivity index (χ4v) is 7.34. The first-order valence-corrected chi connectivity index (χ1v) is 26.1. The molecule has 0 fully saturated rings. The van der Waals surface area contributed by atoms with Crippen molar-refractivity contribution in [2.45, 2.75) is 271 Å². The van der Waals surface area contributed by atoms with Crippen molar-refractivity contribution in [3.8, 4) is 0 Å². The van der Waals surface area contributed by atoms with Crippen molar-refractivity contribution in [3.63, 3.8) is 0 Å². The van der Waals surface area contributed by atoms with Crippen molar-refractivity contribution in [1.82, 2.24) is 0 Å². The molecular formula is C55H98O6. The molecule has 0 aliphatic carbocycles. The summed E-state index contributed by atoms with van der Waals surface area (Å²) >= 11 is 0. The van der Waals surface area contributed by atoms with Crippen LogP contribution < -0.4 is 0 Å². The molecule has 0 N–H and O–H groups in total. The highest BCUT2D eigenvalue weighted by atomic mass is 16.6. The van der Waals surface area contributed by atoms with E-state index in [0.717, 1.165) is 57.8 Å². The maximum absolute atomic E-state index is 12.8. The average molecular weight is 855 g/mol. The van der Waals surface area contributed by atoms with Gasteiger partial charge in [-0.2, -0.15) is 0 Å². The summed E-state index contributed by atoms with van der Waals surface area (Å²) in [6.45, 7) is 6.58. The molecule has 0 aliphatic heterocycles. The molecule has 0 unspecified atom stereocenters. The fraction of sp³-hybridized carbons (Fsp3) is 0.800. The molecule has 0 saturated carbocycles. The third kappa shape index (κ3) is 48.3. The van der Waals surface area contributed by atoms with E-state index in [1.165, 1.54) is 161 Å². The number of hydrogen-bond donors (Lipinski definition) is 0. The average Bonchev–Trinajstić information content (AvgIpc) is 3.26. The number of ether oxygens (including phenoxy) is 3. The molecule has 0 saturated heterocycles. The number of carbonyl (C=O) groups excluding carboxylic acids is 3. The van der Waals surface area contributed by atoms with Crippen LogP contribution in [0.25, 0.3) is 0 Å². The molecule has 0 heterocycles. The number of esters is 3. The van der Waals surface area contributed by atoms with Gasteiger partial charge in [-0.15, -0.1) is 0 Å². The van der Waals surface area contributed by atoms with E-state index in [2.05, 4.69) is 69.4 Å². The maximum atomic E-state index is 12.8. The van der Waals surface area contributed by atoms with Gasteiger partial charge in [-0.3, -0.25) is 14.4 Å². The molecule has 6 nitrogen and oxygen atoms in total. The van der Waals surface area contributed by atoms with Crippen molar-refractivity contribution in [3.05, 3.63) is 48.6 Å². The highest BCUT2D eigenvalue weighted by Crippen LogP contribution is 2.15. The lowest BCUT2D eigenvalue weighted by Gasteiger charge is -2.18. The van der Waals surface area contributed by atoms with Crippen LogP contribution in [0.3, 0.4) is 0 Å². The van der Waals surface area contributed by atoms with Crippen LogP contribution in [0, 0.1) is 0 Å². The summed E-state index contributed by atoms with van der Waals surface area (Å²) in [7, 11) is 0. The third-order valence-corrected chi connectivity index (χ3v) is 11.3. The summed E-state index contributed by atoms with van der Waals surface area (Å²) in [5, 5.41) is 0. The van der Waals surface area contributed by atoms with Gasteiger partial charge >= 0.3 is 17.9 Å². The van der Waals surface area contributed by atoms with E-state index < -0.39 is 6.10 Å². The second kappa shape index (κ2) is 50.0. The predicted octanol–water partition coefficient (Wildman–Crippen LogP) is 17.1. The summed E-state index contributed by atoms with van der Waals surface area (Å²) in [6.07, 6.45) is 59.5. The molecule has 0 aromatic rings. The minimum atomic E-state index is -0.791. The molecular weight excluding hydrogens is 757 g/mol. The Kier molecular flexibility index (Phi) is 47.9. The quantitative estimate of drug-likeness (QED) is 0.0263. The van der Waals surface area contributed by atoms with Crippen molar-refractivity contribution in [2.24, 2.45) is 0 Å². The van der Waals surface area contributed by atoms with Crippen molar-refractivity contribution in [2.75, 3.05) is 13.2 Å². The first kappa shape index (κ1) is 58.4. The third-order valence-electron chi connectivity index (χ3n) is 11.3. The molecule has 354 valence electrons. The van der Waals surface area contributed by atoms with Crippen LogP contribution in [0.2, 0.25) is 0 Å². The van der Waals surface area contributed by atoms with Crippen LogP contribution in [0.1, 0.15) is 265 Å². The van der Waals surface area contributed by atoms with E-state index in [-0.39, 0.29) is 31.1 Å². The van der Waals surface area contributed by atoms with Crippen LogP contribution in [-0.4, -0.2) is 37.2 Å². The zero-order chi connectivity index (χ0) is 44.4. The van der Waals surface area contributed by atoms with Gasteiger partial charge in [0.25, 0.3) is 0 Å². The van der Waals surface area contributed by atoms with Crippen LogP contribution in [0.5, 0.6) is 0 Å². The van der Waals surface area contributed by atoms with Gasteiger partial charge in [0.1, 0.15) is 13.2 Å². The molecule has 0 aromatic carbocycles. The number of hydrogen-bond acceptors (Lipinski definition) is 6. The molecule has 61 heavy (non-hydrogen) atoms. The standard InChI is InChI=1S/C55H98O6/c1-4-7-10-13-16-19-22-24-26-27-29-31-34-36-39-42-45-48-54(57)60-51-52(61-55(58)49-46-43-40-37-32-21-18-15-12-9-6-3)50-59-53(56)47-44-41-38-35-33-30-28-25-23-20-17-14-11-8-5-2/h20,23-24,26,29,31,36,39,52H,4-19,21-22,25,27-28,30,32-35,37-38,40-51H2,1-3H3/b23-20-,26-24-,31-29-,39-36-/t52-/m0/s1.